The fraction of sp³-hybridized carbons (Fsp3) is 0.300. The molecule has 2 amide bonds. The minimum Gasteiger partial charge on any atom is -0.453 e. The van der Waals surface area contributed by atoms with Gasteiger partial charge in [-0.05, 0) is 35.6 Å². The maximum atomic E-state index is 13.8. The van der Waals surface area contributed by atoms with E-state index in [1.165, 1.54) is 7.11 Å². The molecule has 4 rings (SSSR count). The fourth-order valence-corrected chi connectivity index (χ4v) is 4.66. The molecule has 38 heavy (non-hydrogen) atoms. The fourth-order valence-electron chi connectivity index (χ4n) is 4.66. The van der Waals surface area contributed by atoms with E-state index in [0.29, 0.717) is 25.3 Å². The summed E-state index contributed by atoms with van der Waals surface area (Å²) in [6.45, 7) is 0.967. The zero-order valence-corrected chi connectivity index (χ0v) is 21.3. The monoisotopic (exact) mass is 512 g/mol. The highest BCUT2D eigenvalue weighted by molar-refractivity contribution is 5.98. The molecule has 0 spiro atoms. The molecular weight excluding hydrogens is 480 g/mol. The Morgan fingerprint density at radius 1 is 1.03 bits per heavy atom. The van der Waals surface area contributed by atoms with Crippen LogP contribution in [0.4, 0.5) is 10.5 Å². The zero-order valence-electron chi connectivity index (χ0n) is 21.3. The minimum atomic E-state index is -0.936. The van der Waals surface area contributed by atoms with Crippen molar-refractivity contribution in [2.24, 2.45) is 0 Å². The van der Waals surface area contributed by atoms with Gasteiger partial charge in [0.25, 0.3) is 0 Å². The Labute approximate surface area is 223 Å². The van der Waals surface area contributed by atoms with Gasteiger partial charge in [-0.25, -0.2) is 4.79 Å². The van der Waals surface area contributed by atoms with E-state index in [1.54, 1.807) is 0 Å². The number of para-hydroxylation sites is 1. The first-order valence-electron chi connectivity index (χ1n) is 12.7. The number of alkyl carbamates (subject to hydrolysis) is 1. The third-order valence-electron chi connectivity index (χ3n) is 6.65. The highest BCUT2D eigenvalue weighted by atomic mass is 16.5. The Balaban J connectivity index is 1.56. The molecule has 3 atom stereocenters. The number of hydrogen-bond donors (Lipinski definition) is 3. The predicted molar refractivity (Wildman–Crippen MR) is 145 cm³/mol. The molecule has 196 valence electrons. The Kier molecular flexibility index (Phi) is 9.46. The van der Waals surface area contributed by atoms with E-state index in [4.69, 9.17) is 14.7 Å². The molecule has 2 unspecified atom stereocenters. The number of benzene rings is 3. The maximum Gasteiger partial charge on any atom is 0.407 e. The van der Waals surface area contributed by atoms with Crippen LogP contribution < -0.4 is 16.0 Å². The molecule has 0 aliphatic carbocycles. The Morgan fingerprint density at radius 3 is 2.24 bits per heavy atom. The van der Waals surface area contributed by atoms with Gasteiger partial charge in [0.05, 0.1) is 25.9 Å². The summed E-state index contributed by atoms with van der Waals surface area (Å²) in [6, 6.07) is 27.8. The van der Waals surface area contributed by atoms with Crippen molar-refractivity contribution in [1.29, 1.82) is 5.26 Å². The van der Waals surface area contributed by atoms with Gasteiger partial charge in [-0.3, -0.25) is 10.1 Å². The van der Waals surface area contributed by atoms with Crippen LogP contribution >= 0.6 is 0 Å². The maximum absolute atomic E-state index is 13.8. The summed E-state index contributed by atoms with van der Waals surface area (Å²) < 4.78 is 10.7. The molecule has 1 aliphatic rings. The Hall–Kier alpha value is -4.19. The summed E-state index contributed by atoms with van der Waals surface area (Å²) in [5.74, 6) is -0.800. The minimum absolute atomic E-state index is 0.0161. The molecule has 8 nitrogen and oxygen atoms in total. The number of carbonyl (C=O) groups excluding carboxylic acids is 2. The summed E-state index contributed by atoms with van der Waals surface area (Å²) in [6.07, 6.45) is 0.708. The van der Waals surface area contributed by atoms with Crippen molar-refractivity contribution < 1.29 is 19.1 Å². The van der Waals surface area contributed by atoms with Crippen molar-refractivity contribution in [3.63, 3.8) is 0 Å². The second-order valence-electron chi connectivity index (χ2n) is 9.14. The topological polar surface area (TPSA) is 112 Å². The molecule has 1 aliphatic heterocycles. The molecule has 3 N–H and O–H groups in total. The summed E-state index contributed by atoms with van der Waals surface area (Å²) >= 11 is 0. The van der Waals surface area contributed by atoms with Gasteiger partial charge in [-0.1, -0.05) is 78.9 Å². The van der Waals surface area contributed by atoms with E-state index in [-0.39, 0.29) is 18.1 Å². The lowest BCUT2D eigenvalue weighted by Gasteiger charge is -2.28. The first-order chi connectivity index (χ1) is 18.6. The molecule has 0 saturated carbocycles. The molecule has 1 heterocycles. The highest BCUT2D eigenvalue weighted by Gasteiger charge is 2.33. The number of amides is 2. The first-order valence-corrected chi connectivity index (χ1v) is 12.7. The molecule has 1 saturated heterocycles. The molecule has 3 aromatic rings. The van der Waals surface area contributed by atoms with Crippen LogP contribution in [-0.4, -0.2) is 50.4 Å². The van der Waals surface area contributed by atoms with Gasteiger partial charge in [-0.2, -0.15) is 5.26 Å². The van der Waals surface area contributed by atoms with E-state index in [1.807, 2.05) is 84.9 Å². The highest BCUT2D eigenvalue weighted by Crippen LogP contribution is 2.30. The number of nitrogens with one attached hydrogen (secondary N) is 3. The van der Waals surface area contributed by atoms with Crippen molar-refractivity contribution in [2.45, 2.75) is 36.9 Å². The number of aryl methyl sites for hydroxylation is 1. The number of rotatable bonds is 9. The SMILES string of the molecule is COC(=O)NC(C(=O)Nc1ccccc1CC[C@@H]1CNC(C#N)CO1)C(c1ccccc1)c1ccccc1. The average Bonchev–Trinajstić information content (AvgIpc) is 2.97. The number of methoxy groups -OCH3 is 1. The van der Waals surface area contributed by atoms with Crippen LogP contribution in [0.1, 0.15) is 29.0 Å². The van der Waals surface area contributed by atoms with Crippen LogP contribution in [-0.2, 0) is 20.7 Å². The van der Waals surface area contributed by atoms with Crippen LogP contribution in [0.5, 0.6) is 0 Å². The molecular formula is C30H32N4O4. The number of morpholine rings is 1. The average molecular weight is 513 g/mol. The lowest BCUT2D eigenvalue weighted by Crippen LogP contribution is -2.48. The van der Waals surface area contributed by atoms with Crippen LogP contribution in [0.15, 0.2) is 84.9 Å². The van der Waals surface area contributed by atoms with E-state index in [9.17, 15) is 9.59 Å². The van der Waals surface area contributed by atoms with Gasteiger partial charge in [-0.15, -0.1) is 0 Å². The lowest BCUT2D eigenvalue weighted by atomic mass is 9.84. The van der Waals surface area contributed by atoms with E-state index in [0.717, 1.165) is 23.1 Å². The molecule has 0 bridgehead atoms. The van der Waals surface area contributed by atoms with Crippen LogP contribution in [0.3, 0.4) is 0 Å². The number of nitrogens with zero attached hydrogens (tertiary/aromatic N) is 1. The molecule has 3 aromatic carbocycles. The molecule has 1 fully saturated rings. The number of hydrogen-bond acceptors (Lipinski definition) is 6. The van der Waals surface area contributed by atoms with Crippen LogP contribution in [0, 0.1) is 11.3 Å². The molecule has 0 radical (unpaired) electrons. The van der Waals surface area contributed by atoms with Crippen LogP contribution in [0.25, 0.3) is 0 Å². The molecule has 8 heteroatoms. The second kappa shape index (κ2) is 13.4. The number of ether oxygens (including phenoxy) is 2. The third kappa shape index (κ3) is 6.97. The molecule has 0 aromatic heterocycles. The first kappa shape index (κ1) is 26.9. The van der Waals surface area contributed by atoms with Crippen molar-refractivity contribution in [2.75, 3.05) is 25.6 Å². The quantitative estimate of drug-likeness (QED) is 0.400. The summed E-state index contributed by atoms with van der Waals surface area (Å²) in [7, 11) is 1.28. The van der Waals surface area contributed by atoms with Gasteiger partial charge in [0.2, 0.25) is 5.91 Å². The summed E-state index contributed by atoms with van der Waals surface area (Å²) in [5, 5.41) is 18.0. The van der Waals surface area contributed by atoms with E-state index in [2.05, 4.69) is 22.0 Å². The lowest BCUT2D eigenvalue weighted by molar-refractivity contribution is -0.118. The van der Waals surface area contributed by atoms with Crippen molar-refractivity contribution in [3.05, 3.63) is 102 Å². The Bertz CT molecular complexity index is 1200. The van der Waals surface area contributed by atoms with Crippen LogP contribution in [0.2, 0.25) is 0 Å². The largest absolute Gasteiger partial charge is 0.453 e. The Morgan fingerprint density at radius 2 is 1.66 bits per heavy atom. The van der Waals surface area contributed by atoms with Crippen molar-refractivity contribution in [1.82, 2.24) is 10.6 Å². The summed E-state index contributed by atoms with van der Waals surface area (Å²) in [4.78, 5) is 26.2. The van der Waals surface area contributed by atoms with Crippen molar-refractivity contribution in [3.8, 4) is 6.07 Å². The van der Waals surface area contributed by atoms with Crippen molar-refractivity contribution >= 4 is 17.7 Å². The van der Waals surface area contributed by atoms with Gasteiger partial charge >= 0.3 is 6.09 Å². The van der Waals surface area contributed by atoms with Gasteiger partial charge < -0.3 is 20.1 Å². The third-order valence-corrected chi connectivity index (χ3v) is 6.65. The number of nitriles is 1. The zero-order chi connectivity index (χ0) is 26.7. The van der Waals surface area contributed by atoms with Gasteiger partial charge in [0.15, 0.2) is 0 Å². The smallest absolute Gasteiger partial charge is 0.407 e. The second-order valence-corrected chi connectivity index (χ2v) is 9.14. The number of carbonyl (C=O) groups is 2. The predicted octanol–water partition coefficient (Wildman–Crippen LogP) is 3.99. The van der Waals surface area contributed by atoms with E-state index < -0.39 is 18.1 Å². The van der Waals surface area contributed by atoms with Gasteiger partial charge in [0.1, 0.15) is 12.1 Å². The normalized spacial score (nSPS) is 17.7. The van der Waals surface area contributed by atoms with Gasteiger partial charge in [0, 0.05) is 18.2 Å². The van der Waals surface area contributed by atoms with E-state index >= 15 is 0 Å². The number of anilines is 1. The standard InChI is InChI=1S/C30H32N4O4/c1-37-30(36)34-28(27(22-11-4-2-5-12-22)23-13-6-3-7-14-23)29(35)33-26-15-9-8-10-21(26)16-17-25-19-32-24(18-31)20-38-25/h2-15,24-25,27-28,32H,16-17,19-20H2,1H3,(H,33,35)(H,34,36)/t24?,25-,28?/m1/s1. The summed E-state index contributed by atoms with van der Waals surface area (Å²) in [5.41, 5.74) is 3.41.